The Balaban J connectivity index is 2.08. The highest BCUT2D eigenvalue weighted by Crippen LogP contribution is 2.20. The first-order valence-electron chi connectivity index (χ1n) is 7.79. The number of carbonyl (C=O) groups excluding carboxylic acids is 2. The van der Waals surface area contributed by atoms with Gasteiger partial charge in [0.1, 0.15) is 11.5 Å². The zero-order valence-electron chi connectivity index (χ0n) is 14.2. The highest BCUT2D eigenvalue weighted by atomic mass is 16.5. The highest BCUT2D eigenvalue weighted by Gasteiger charge is 2.19. The van der Waals surface area contributed by atoms with Crippen molar-refractivity contribution in [1.82, 2.24) is 0 Å². The third kappa shape index (κ3) is 5.53. The summed E-state index contributed by atoms with van der Waals surface area (Å²) in [6.45, 7) is 0. The van der Waals surface area contributed by atoms with Gasteiger partial charge in [-0.1, -0.05) is 12.1 Å². The van der Waals surface area contributed by atoms with Gasteiger partial charge in [0.25, 0.3) is 0 Å². The van der Waals surface area contributed by atoms with Crippen LogP contribution in [0.5, 0.6) is 11.5 Å². The van der Waals surface area contributed by atoms with Gasteiger partial charge in [-0.05, 0) is 54.8 Å². The van der Waals surface area contributed by atoms with Crippen molar-refractivity contribution in [1.29, 1.82) is 0 Å². The topological polar surface area (TPSA) is 87.7 Å². The van der Waals surface area contributed by atoms with E-state index in [2.05, 4.69) is 5.32 Å². The van der Waals surface area contributed by atoms with Crippen LogP contribution in [0.15, 0.2) is 48.5 Å². The third-order valence-corrected chi connectivity index (χ3v) is 3.78. The molecule has 0 aromatic heterocycles. The van der Waals surface area contributed by atoms with Crippen molar-refractivity contribution in [2.45, 2.75) is 12.8 Å². The Morgan fingerprint density at radius 1 is 0.960 bits per heavy atom. The molecule has 1 atom stereocenters. The van der Waals surface area contributed by atoms with E-state index in [1.807, 2.05) is 12.1 Å². The van der Waals surface area contributed by atoms with Crippen LogP contribution in [-0.4, -0.2) is 26.1 Å². The van der Waals surface area contributed by atoms with E-state index in [0.717, 1.165) is 5.56 Å². The number of amides is 1. The molecule has 0 bridgehead atoms. The molecular formula is C19H20NO5-. The summed E-state index contributed by atoms with van der Waals surface area (Å²) in [5.41, 5.74) is 1.42. The molecule has 6 heteroatoms. The van der Waals surface area contributed by atoms with E-state index in [4.69, 9.17) is 9.47 Å². The molecule has 0 saturated heterocycles. The number of carbonyl (C=O) groups is 2. The minimum Gasteiger partial charge on any atom is -0.550 e. The van der Waals surface area contributed by atoms with E-state index in [1.165, 1.54) is 0 Å². The van der Waals surface area contributed by atoms with Crippen molar-refractivity contribution in [3.63, 3.8) is 0 Å². The molecule has 2 aromatic rings. The number of methoxy groups -OCH3 is 2. The molecule has 1 amide bonds. The molecule has 0 aliphatic carbocycles. The van der Waals surface area contributed by atoms with Gasteiger partial charge in [-0.15, -0.1) is 0 Å². The molecule has 0 saturated carbocycles. The maximum atomic E-state index is 12.5. The summed E-state index contributed by atoms with van der Waals surface area (Å²) in [6.07, 6.45) is -0.0615. The van der Waals surface area contributed by atoms with Crippen molar-refractivity contribution >= 4 is 17.6 Å². The Labute approximate surface area is 146 Å². The Kier molecular flexibility index (Phi) is 6.39. The van der Waals surface area contributed by atoms with Crippen LogP contribution in [0.2, 0.25) is 0 Å². The number of ether oxygens (including phenoxy) is 2. The van der Waals surface area contributed by atoms with Gasteiger partial charge in [-0.2, -0.15) is 0 Å². The Bertz CT molecular complexity index is 710. The van der Waals surface area contributed by atoms with Gasteiger partial charge in [0, 0.05) is 17.6 Å². The van der Waals surface area contributed by atoms with Gasteiger partial charge < -0.3 is 24.7 Å². The van der Waals surface area contributed by atoms with Crippen molar-refractivity contribution in [2.75, 3.05) is 19.5 Å². The maximum Gasteiger partial charge on any atom is 0.228 e. The summed E-state index contributed by atoms with van der Waals surface area (Å²) in [5, 5.41) is 13.7. The monoisotopic (exact) mass is 342 g/mol. The second-order valence-electron chi connectivity index (χ2n) is 5.54. The molecule has 0 unspecified atom stereocenters. The van der Waals surface area contributed by atoms with Crippen LogP contribution in [0.4, 0.5) is 5.69 Å². The van der Waals surface area contributed by atoms with Crippen molar-refractivity contribution in [3.8, 4) is 11.5 Å². The summed E-state index contributed by atoms with van der Waals surface area (Å²) in [6, 6.07) is 14.0. The Morgan fingerprint density at radius 2 is 1.48 bits per heavy atom. The zero-order valence-corrected chi connectivity index (χ0v) is 14.2. The van der Waals surface area contributed by atoms with E-state index < -0.39 is 11.9 Å². The van der Waals surface area contributed by atoms with Crippen LogP contribution in [0.3, 0.4) is 0 Å². The molecule has 0 radical (unpaired) electrons. The van der Waals surface area contributed by atoms with E-state index in [0.29, 0.717) is 23.6 Å². The SMILES string of the molecule is COc1ccc(C[C@H](CC(=O)[O-])C(=O)Nc2ccc(OC)cc2)cc1. The Hall–Kier alpha value is -3.02. The second kappa shape index (κ2) is 8.73. The fraction of sp³-hybridized carbons (Fsp3) is 0.263. The average Bonchev–Trinajstić information content (AvgIpc) is 2.62. The third-order valence-electron chi connectivity index (χ3n) is 3.78. The highest BCUT2D eigenvalue weighted by molar-refractivity contribution is 5.94. The van der Waals surface area contributed by atoms with E-state index in [1.54, 1.807) is 50.6 Å². The Morgan fingerprint density at radius 3 is 1.96 bits per heavy atom. The smallest absolute Gasteiger partial charge is 0.228 e. The van der Waals surface area contributed by atoms with Crippen LogP contribution in [-0.2, 0) is 16.0 Å². The summed E-state index contributed by atoms with van der Waals surface area (Å²) >= 11 is 0. The predicted octanol–water partition coefficient (Wildman–Crippen LogP) is 1.64. The van der Waals surface area contributed by atoms with Gasteiger partial charge in [-0.3, -0.25) is 4.79 Å². The molecule has 0 aliphatic rings. The summed E-state index contributed by atoms with van der Waals surface area (Å²) in [7, 11) is 3.12. The number of carboxylic acids is 1. The van der Waals surface area contributed by atoms with E-state index in [-0.39, 0.29) is 12.3 Å². The molecule has 25 heavy (non-hydrogen) atoms. The quantitative estimate of drug-likeness (QED) is 0.788. The van der Waals surface area contributed by atoms with Gasteiger partial charge in [0.2, 0.25) is 5.91 Å². The van der Waals surface area contributed by atoms with Crippen LogP contribution in [0.1, 0.15) is 12.0 Å². The molecule has 0 spiro atoms. The van der Waals surface area contributed by atoms with Crippen LogP contribution in [0.25, 0.3) is 0 Å². The van der Waals surface area contributed by atoms with Crippen LogP contribution < -0.4 is 19.9 Å². The van der Waals surface area contributed by atoms with Gasteiger partial charge in [-0.25, -0.2) is 0 Å². The lowest BCUT2D eigenvalue weighted by Gasteiger charge is -2.18. The number of hydrogen-bond acceptors (Lipinski definition) is 5. The molecule has 132 valence electrons. The fourth-order valence-corrected chi connectivity index (χ4v) is 2.42. The largest absolute Gasteiger partial charge is 0.550 e. The minimum absolute atomic E-state index is 0.292. The lowest BCUT2D eigenvalue weighted by Crippen LogP contribution is -2.32. The van der Waals surface area contributed by atoms with Crippen molar-refractivity contribution in [3.05, 3.63) is 54.1 Å². The molecule has 1 N–H and O–H groups in total. The van der Waals surface area contributed by atoms with Crippen molar-refractivity contribution in [2.24, 2.45) is 5.92 Å². The second-order valence-corrected chi connectivity index (χ2v) is 5.54. The average molecular weight is 342 g/mol. The van der Waals surface area contributed by atoms with Gasteiger partial charge in [0.15, 0.2) is 0 Å². The van der Waals surface area contributed by atoms with Gasteiger partial charge in [0.05, 0.1) is 14.2 Å². The first kappa shape index (κ1) is 18.3. The maximum absolute atomic E-state index is 12.5. The summed E-state index contributed by atoms with van der Waals surface area (Å²) < 4.78 is 10.2. The molecule has 6 nitrogen and oxygen atoms in total. The zero-order chi connectivity index (χ0) is 18.2. The first-order chi connectivity index (χ1) is 12.0. The normalized spacial score (nSPS) is 11.4. The van der Waals surface area contributed by atoms with Gasteiger partial charge >= 0.3 is 0 Å². The number of aliphatic carboxylic acids is 1. The number of hydrogen-bond donors (Lipinski definition) is 1. The molecule has 0 fully saturated rings. The van der Waals surface area contributed by atoms with E-state index >= 15 is 0 Å². The fourth-order valence-electron chi connectivity index (χ4n) is 2.42. The minimum atomic E-state index is -1.26. The molecular weight excluding hydrogens is 322 g/mol. The number of nitrogens with one attached hydrogen (secondary N) is 1. The lowest BCUT2D eigenvalue weighted by atomic mass is 9.95. The summed E-state index contributed by atoms with van der Waals surface area (Å²) in [4.78, 5) is 23.5. The predicted molar refractivity (Wildman–Crippen MR) is 91.4 cm³/mol. The molecule has 2 aromatic carbocycles. The van der Waals surface area contributed by atoms with E-state index in [9.17, 15) is 14.7 Å². The molecule has 2 rings (SSSR count). The number of carboxylic acid groups (broad SMARTS) is 1. The molecule has 0 heterocycles. The molecule has 0 aliphatic heterocycles. The van der Waals surface area contributed by atoms with Crippen LogP contribution in [0, 0.1) is 5.92 Å². The number of anilines is 1. The first-order valence-corrected chi connectivity index (χ1v) is 7.79. The number of benzene rings is 2. The lowest BCUT2D eigenvalue weighted by molar-refractivity contribution is -0.306. The standard InChI is InChI=1S/C19H21NO5/c1-24-16-7-3-13(4-8-16)11-14(12-18(21)22)19(23)20-15-5-9-17(25-2)10-6-15/h3-10,14H,11-12H2,1-2H3,(H,20,23)(H,21,22)/p-1/t14-/m1/s1. The van der Waals surface area contributed by atoms with Crippen LogP contribution >= 0.6 is 0 Å². The summed E-state index contributed by atoms with van der Waals surface area (Å²) in [5.74, 6) is -1.00. The number of rotatable bonds is 8. The van der Waals surface area contributed by atoms with Crippen molar-refractivity contribution < 1.29 is 24.2 Å².